The first kappa shape index (κ1) is 31.6. The van der Waals surface area contributed by atoms with Crippen LogP contribution in [0.3, 0.4) is 0 Å². The fourth-order valence-electron chi connectivity index (χ4n) is 4.14. The third-order valence-electron chi connectivity index (χ3n) is 6.08. The van der Waals surface area contributed by atoms with Crippen LogP contribution in [0.4, 0.5) is 4.79 Å². The number of nitrogens with zero attached hydrogens (tertiary/aromatic N) is 1. The number of alkyl carbamates (subject to hydrolysis) is 1. The standard InChI is InChI=1S/C30H43N3O6/c1-20(2)15-16-21(3)33(28(37)25(19-34)32-29(38)39-30(4,5)6)26(23-13-10-14-24(35)17-23)27(36)31-18-22-11-8-7-9-12-22/h7-14,17,20-21,25-26,34-35H,15-16,18-19H2,1-6H3,(H,31,36)(H,32,38). The van der Waals surface area contributed by atoms with Gasteiger partial charge in [0.05, 0.1) is 6.61 Å². The third-order valence-corrected chi connectivity index (χ3v) is 6.08. The fraction of sp³-hybridized carbons (Fsp3) is 0.500. The number of ether oxygens (including phenoxy) is 1. The van der Waals surface area contributed by atoms with Crippen LogP contribution in [0, 0.1) is 5.92 Å². The Balaban J connectivity index is 2.49. The van der Waals surface area contributed by atoms with Crippen molar-refractivity contribution in [3.8, 4) is 5.75 Å². The van der Waals surface area contributed by atoms with Gasteiger partial charge in [-0.2, -0.15) is 0 Å². The molecular weight excluding hydrogens is 498 g/mol. The van der Waals surface area contributed by atoms with Crippen molar-refractivity contribution in [1.82, 2.24) is 15.5 Å². The summed E-state index contributed by atoms with van der Waals surface area (Å²) in [5.74, 6) is -0.795. The molecule has 3 amide bonds. The van der Waals surface area contributed by atoms with Crippen molar-refractivity contribution in [2.24, 2.45) is 5.92 Å². The zero-order valence-electron chi connectivity index (χ0n) is 23.8. The Morgan fingerprint density at radius 1 is 0.974 bits per heavy atom. The molecule has 214 valence electrons. The lowest BCUT2D eigenvalue weighted by molar-refractivity contribution is -0.146. The van der Waals surface area contributed by atoms with E-state index >= 15 is 0 Å². The van der Waals surface area contributed by atoms with Gasteiger partial charge in [-0.1, -0.05) is 56.3 Å². The van der Waals surface area contributed by atoms with Gasteiger partial charge >= 0.3 is 6.09 Å². The van der Waals surface area contributed by atoms with Crippen LogP contribution in [0.2, 0.25) is 0 Å². The highest BCUT2D eigenvalue weighted by atomic mass is 16.6. The number of aromatic hydroxyl groups is 1. The van der Waals surface area contributed by atoms with Crippen molar-refractivity contribution in [3.05, 3.63) is 65.7 Å². The molecule has 0 bridgehead atoms. The van der Waals surface area contributed by atoms with Gasteiger partial charge in [-0.3, -0.25) is 9.59 Å². The summed E-state index contributed by atoms with van der Waals surface area (Å²) in [5, 5.41) is 25.7. The highest BCUT2D eigenvalue weighted by Crippen LogP contribution is 2.29. The van der Waals surface area contributed by atoms with Crippen LogP contribution < -0.4 is 10.6 Å². The number of carbonyl (C=O) groups excluding carboxylic acids is 3. The molecule has 0 saturated heterocycles. The van der Waals surface area contributed by atoms with E-state index in [1.807, 2.05) is 37.3 Å². The molecule has 0 heterocycles. The lowest BCUT2D eigenvalue weighted by Crippen LogP contribution is -2.56. The van der Waals surface area contributed by atoms with E-state index < -0.39 is 48.2 Å². The van der Waals surface area contributed by atoms with E-state index in [9.17, 15) is 24.6 Å². The van der Waals surface area contributed by atoms with Crippen LogP contribution >= 0.6 is 0 Å². The molecule has 0 spiro atoms. The van der Waals surface area contributed by atoms with Crippen LogP contribution in [0.1, 0.15) is 71.6 Å². The predicted molar refractivity (Wildman–Crippen MR) is 150 cm³/mol. The van der Waals surface area contributed by atoms with Crippen LogP contribution in [0.25, 0.3) is 0 Å². The Hall–Kier alpha value is -3.59. The van der Waals surface area contributed by atoms with E-state index in [0.29, 0.717) is 17.9 Å². The second-order valence-corrected chi connectivity index (χ2v) is 11.1. The van der Waals surface area contributed by atoms with Gasteiger partial charge in [-0.15, -0.1) is 0 Å². The van der Waals surface area contributed by atoms with Crippen LogP contribution in [0.15, 0.2) is 54.6 Å². The molecule has 0 aromatic heterocycles. The maximum Gasteiger partial charge on any atom is 0.408 e. The number of hydrogen-bond acceptors (Lipinski definition) is 6. The van der Waals surface area contributed by atoms with Gasteiger partial charge in [-0.05, 0) is 69.7 Å². The summed E-state index contributed by atoms with van der Waals surface area (Å²) in [5.41, 5.74) is 0.476. The number of amides is 3. The van der Waals surface area contributed by atoms with Gasteiger partial charge in [0.15, 0.2) is 0 Å². The van der Waals surface area contributed by atoms with E-state index in [-0.39, 0.29) is 12.3 Å². The first-order chi connectivity index (χ1) is 18.3. The number of hydrogen-bond donors (Lipinski definition) is 4. The van der Waals surface area contributed by atoms with E-state index in [1.54, 1.807) is 32.9 Å². The molecule has 3 atom stereocenters. The van der Waals surface area contributed by atoms with Crippen LogP contribution in [-0.4, -0.2) is 57.3 Å². The lowest BCUT2D eigenvalue weighted by Gasteiger charge is -2.38. The minimum Gasteiger partial charge on any atom is -0.508 e. The average Bonchev–Trinajstić information content (AvgIpc) is 2.86. The van der Waals surface area contributed by atoms with Crippen molar-refractivity contribution in [2.45, 2.75) is 84.7 Å². The van der Waals surface area contributed by atoms with Gasteiger partial charge in [0, 0.05) is 12.6 Å². The quantitative estimate of drug-likeness (QED) is 0.317. The van der Waals surface area contributed by atoms with Crippen molar-refractivity contribution in [3.63, 3.8) is 0 Å². The number of nitrogens with one attached hydrogen (secondary N) is 2. The number of phenolic OH excluding ortho intramolecular Hbond substituents is 1. The summed E-state index contributed by atoms with van der Waals surface area (Å²) in [7, 11) is 0. The van der Waals surface area contributed by atoms with Crippen molar-refractivity contribution in [1.29, 1.82) is 0 Å². The molecule has 0 saturated carbocycles. The van der Waals surface area contributed by atoms with E-state index in [1.165, 1.54) is 17.0 Å². The molecule has 3 unspecified atom stereocenters. The summed E-state index contributed by atoms with van der Waals surface area (Å²) in [6.07, 6.45) is 0.508. The van der Waals surface area contributed by atoms with Gasteiger partial charge < -0.3 is 30.5 Å². The van der Waals surface area contributed by atoms with Crippen molar-refractivity contribution in [2.75, 3.05) is 6.61 Å². The SMILES string of the molecule is CC(C)CCC(C)N(C(=O)C(CO)NC(=O)OC(C)(C)C)C(C(=O)NCc1ccccc1)c1cccc(O)c1. The number of benzene rings is 2. The first-order valence-electron chi connectivity index (χ1n) is 13.4. The normalized spacial score (nSPS) is 13.7. The highest BCUT2D eigenvalue weighted by molar-refractivity contribution is 5.92. The summed E-state index contributed by atoms with van der Waals surface area (Å²) < 4.78 is 5.29. The van der Waals surface area contributed by atoms with Gasteiger partial charge in [0.2, 0.25) is 11.8 Å². The Bertz CT molecular complexity index is 1080. The minimum absolute atomic E-state index is 0.0545. The minimum atomic E-state index is -1.34. The van der Waals surface area contributed by atoms with Crippen molar-refractivity contribution < 1.29 is 29.3 Å². The van der Waals surface area contributed by atoms with Crippen molar-refractivity contribution >= 4 is 17.9 Å². The second-order valence-electron chi connectivity index (χ2n) is 11.1. The fourth-order valence-corrected chi connectivity index (χ4v) is 4.14. The van der Waals surface area contributed by atoms with E-state index in [0.717, 1.165) is 12.0 Å². The summed E-state index contributed by atoms with van der Waals surface area (Å²) >= 11 is 0. The molecule has 2 aromatic carbocycles. The molecule has 9 heteroatoms. The number of aliphatic hydroxyl groups is 1. The summed E-state index contributed by atoms with van der Waals surface area (Å²) in [4.78, 5) is 41.7. The summed E-state index contributed by atoms with van der Waals surface area (Å²) in [6.45, 7) is 10.6. The number of aliphatic hydroxyl groups excluding tert-OH is 1. The number of phenols is 1. The molecule has 9 nitrogen and oxygen atoms in total. The van der Waals surface area contributed by atoms with Gasteiger partial charge in [0.1, 0.15) is 23.4 Å². The molecule has 0 fully saturated rings. The molecule has 2 aromatic rings. The monoisotopic (exact) mass is 541 g/mol. The van der Waals surface area contributed by atoms with Gasteiger partial charge in [-0.25, -0.2) is 4.79 Å². The van der Waals surface area contributed by atoms with Gasteiger partial charge in [0.25, 0.3) is 0 Å². The number of rotatable bonds is 12. The predicted octanol–water partition coefficient (Wildman–Crippen LogP) is 4.29. The zero-order chi connectivity index (χ0) is 29.2. The smallest absolute Gasteiger partial charge is 0.408 e. The Kier molecular flexibility index (Phi) is 11.8. The molecule has 0 aliphatic rings. The molecule has 2 rings (SSSR count). The number of carbonyl (C=O) groups is 3. The molecule has 0 aliphatic carbocycles. The Morgan fingerprint density at radius 3 is 2.21 bits per heavy atom. The third kappa shape index (κ3) is 10.2. The molecule has 0 radical (unpaired) electrons. The first-order valence-corrected chi connectivity index (χ1v) is 13.4. The maximum absolute atomic E-state index is 14.0. The largest absolute Gasteiger partial charge is 0.508 e. The summed E-state index contributed by atoms with van der Waals surface area (Å²) in [6, 6.07) is 12.6. The molecular formula is C30H43N3O6. The molecule has 0 aliphatic heterocycles. The maximum atomic E-state index is 14.0. The van der Waals surface area contributed by atoms with E-state index in [2.05, 4.69) is 24.5 Å². The van der Waals surface area contributed by atoms with Crippen LogP contribution in [0.5, 0.6) is 5.75 Å². The Labute approximate surface area is 231 Å². The van der Waals surface area contributed by atoms with E-state index in [4.69, 9.17) is 4.74 Å². The second kappa shape index (κ2) is 14.5. The topological polar surface area (TPSA) is 128 Å². The highest BCUT2D eigenvalue weighted by Gasteiger charge is 2.38. The zero-order valence-corrected chi connectivity index (χ0v) is 23.8. The Morgan fingerprint density at radius 2 is 1.64 bits per heavy atom. The lowest BCUT2D eigenvalue weighted by atomic mass is 9.97. The average molecular weight is 542 g/mol. The molecule has 39 heavy (non-hydrogen) atoms. The molecule has 4 N–H and O–H groups in total. The van der Waals surface area contributed by atoms with Crippen LogP contribution in [-0.2, 0) is 20.9 Å².